The first-order valence-corrected chi connectivity index (χ1v) is 4.32. The third-order valence-electron chi connectivity index (χ3n) is 2.03. The van der Waals surface area contributed by atoms with Crippen LogP contribution in [-0.2, 0) is 0 Å². The molecule has 0 atom stereocenters. The monoisotopic (exact) mass is 194 g/mol. The van der Waals surface area contributed by atoms with Crippen molar-refractivity contribution in [1.29, 1.82) is 0 Å². The summed E-state index contributed by atoms with van der Waals surface area (Å²) in [6.07, 6.45) is 0. The van der Waals surface area contributed by atoms with E-state index in [2.05, 4.69) is 49.8 Å². The molecule has 0 aliphatic rings. The fourth-order valence-electron chi connectivity index (χ4n) is 0.942. The van der Waals surface area contributed by atoms with E-state index in [1.807, 2.05) is 0 Å². The van der Waals surface area contributed by atoms with Gasteiger partial charge in [-0.15, -0.1) is 0 Å². The molecular formula is C9H11As. The molecule has 1 heteroatoms. The van der Waals surface area contributed by atoms with Crippen molar-refractivity contribution >= 4 is 21.2 Å². The van der Waals surface area contributed by atoms with Crippen LogP contribution in [0.1, 0.15) is 16.7 Å². The zero-order chi connectivity index (χ0) is 7.72. The summed E-state index contributed by atoms with van der Waals surface area (Å²) in [5.74, 6) is 0. The molecule has 52 valence electrons. The Labute approximate surface area is 71.1 Å². The van der Waals surface area contributed by atoms with Gasteiger partial charge in [0.25, 0.3) is 0 Å². The molecule has 1 aromatic rings. The Morgan fingerprint density at radius 1 is 1.00 bits per heavy atom. The molecule has 0 saturated heterocycles. The molecule has 0 amide bonds. The Hall–Kier alpha value is -0.222. The molecule has 0 saturated carbocycles. The molecule has 10 heavy (non-hydrogen) atoms. The predicted octanol–water partition coefficient (Wildman–Crippen LogP) is 1.41. The van der Waals surface area contributed by atoms with Gasteiger partial charge >= 0.3 is 70.8 Å². The van der Waals surface area contributed by atoms with Crippen LogP contribution in [0.2, 0.25) is 0 Å². The molecule has 0 aliphatic carbocycles. The Morgan fingerprint density at radius 3 is 2.10 bits per heavy atom. The topological polar surface area (TPSA) is 0 Å². The van der Waals surface area contributed by atoms with Crippen molar-refractivity contribution in [2.45, 2.75) is 20.8 Å². The third kappa shape index (κ3) is 1.27. The van der Waals surface area contributed by atoms with Gasteiger partial charge in [0.1, 0.15) is 0 Å². The minimum absolute atomic E-state index is 1.33. The van der Waals surface area contributed by atoms with Crippen molar-refractivity contribution in [3.8, 4) is 0 Å². The second kappa shape index (κ2) is 2.80. The van der Waals surface area contributed by atoms with Crippen LogP contribution < -0.4 is 4.35 Å². The van der Waals surface area contributed by atoms with Crippen molar-refractivity contribution in [2.24, 2.45) is 0 Å². The van der Waals surface area contributed by atoms with Gasteiger partial charge in [-0.05, 0) is 0 Å². The summed E-state index contributed by atoms with van der Waals surface area (Å²) in [5, 5.41) is 0. The van der Waals surface area contributed by atoms with Gasteiger partial charge in [-0.25, -0.2) is 0 Å². The van der Waals surface area contributed by atoms with E-state index in [-0.39, 0.29) is 0 Å². The Morgan fingerprint density at radius 2 is 1.60 bits per heavy atom. The average molecular weight is 194 g/mol. The van der Waals surface area contributed by atoms with Crippen molar-refractivity contribution in [1.82, 2.24) is 0 Å². The van der Waals surface area contributed by atoms with Crippen LogP contribution in [0.25, 0.3) is 0 Å². The normalized spacial score (nSPS) is 10.0. The summed E-state index contributed by atoms with van der Waals surface area (Å²) < 4.78 is 1.33. The van der Waals surface area contributed by atoms with Gasteiger partial charge < -0.3 is 0 Å². The van der Waals surface area contributed by atoms with Gasteiger partial charge in [0, 0.05) is 0 Å². The maximum absolute atomic E-state index is 2.60. The summed E-state index contributed by atoms with van der Waals surface area (Å²) >= 11 is 2.60. The predicted molar refractivity (Wildman–Crippen MR) is 46.0 cm³/mol. The Kier molecular flexibility index (Phi) is 2.20. The van der Waals surface area contributed by atoms with Crippen LogP contribution in [0.4, 0.5) is 0 Å². The number of rotatable bonds is 0. The molecule has 0 bridgehead atoms. The number of aryl methyl sites for hydroxylation is 1. The van der Waals surface area contributed by atoms with Crippen LogP contribution in [0.3, 0.4) is 0 Å². The van der Waals surface area contributed by atoms with Crippen molar-refractivity contribution < 1.29 is 0 Å². The van der Waals surface area contributed by atoms with E-state index in [1.54, 1.807) is 0 Å². The van der Waals surface area contributed by atoms with Crippen LogP contribution in [-0.4, -0.2) is 16.9 Å². The second-order valence-electron chi connectivity index (χ2n) is 2.65. The molecular weight excluding hydrogens is 183 g/mol. The van der Waals surface area contributed by atoms with Crippen LogP contribution in [0, 0.1) is 20.8 Å². The SMILES string of the molecule is Cc1ccc([As])c(C)c1C. The molecule has 2 radical (unpaired) electrons. The van der Waals surface area contributed by atoms with Crippen LogP contribution in [0.15, 0.2) is 12.1 Å². The van der Waals surface area contributed by atoms with Crippen molar-refractivity contribution in [3.05, 3.63) is 28.8 Å². The fraction of sp³-hybridized carbons (Fsp3) is 0.333. The van der Waals surface area contributed by atoms with E-state index in [1.165, 1.54) is 21.0 Å². The van der Waals surface area contributed by atoms with Crippen LogP contribution in [0.5, 0.6) is 0 Å². The third-order valence-corrected chi connectivity index (χ3v) is 3.05. The summed E-state index contributed by atoms with van der Waals surface area (Å²) in [5.41, 5.74) is 4.20. The molecule has 0 aliphatic heterocycles. The molecule has 0 unspecified atom stereocenters. The Balaban J connectivity index is 3.34. The van der Waals surface area contributed by atoms with Gasteiger partial charge in [-0.2, -0.15) is 0 Å². The number of benzene rings is 1. The quantitative estimate of drug-likeness (QED) is 0.548. The maximum atomic E-state index is 2.60. The second-order valence-corrected chi connectivity index (χ2v) is 3.66. The first-order valence-electron chi connectivity index (χ1n) is 3.38. The molecule has 1 aromatic carbocycles. The summed E-state index contributed by atoms with van der Waals surface area (Å²) in [4.78, 5) is 0. The molecule has 0 heterocycles. The van der Waals surface area contributed by atoms with Gasteiger partial charge in [0.15, 0.2) is 0 Å². The fourth-order valence-corrected chi connectivity index (χ4v) is 1.45. The molecule has 0 fully saturated rings. The van der Waals surface area contributed by atoms with Gasteiger partial charge in [0.2, 0.25) is 0 Å². The van der Waals surface area contributed by atoms with Gasteiger partial charge in [-0.3, -0.25) is 0 Å². The van der Waals surface area contributed by atoms with E-state index >= 15 is 0 Å². The van der Waals surface area contributed by atoms with E-state index in [0.29, 0.717) is 0 Å². The standard InChI is InChI=1S/C9H11As/c1-6-4-5-9(10)8(3)7(6)2/h4-5H,1-3H3. The van der Waals surface area contributed by atoms with Crippen molar-refractivity contribution in [2.75, 3.05) is 0 Å². The summed E-state index contributed by atoms with van der Waals surface area (Å²) in [7, 11) is 0. The molecule has 0 spiro atoms. The Bertz CT molecular complexity index is 224. The van der Waals surface area contributed by atoms with E-state index in [4.69, 9.17) is 0 Å². The molecule has 0 aromatic heterocycles. The van der Waals surface area contributed by atoms with E-state index in [0.717, 1.165) is 0 Å². The number of hydrogen-bond acceptors (Lipinski definition) is 0. The molecule has 1 rings (SSSR count). The van der Waals surface area contributed by atoms with Gasteiger partial charge in [-0.1, -0.05) is 0 Å². The minimum atomic E-state index is 1.33. The number of hydrogen-bond donors (Lipinski definition) is 0. The van der Waals surface area contributed by atoms with Crippen molar-refractivity contribution in [3.63, 3.8) is 0 Å². The molecule has 0 nitrogen and oxygen atoms in total. The zero-order valence-corrected chi connectivity index (χ0v) is 8.48. The molecule has 0 N–H and O–H groups in total. The first-order chi connectivity index (χ1) is 4.63. The first kappa shape index (κ1) is 7.88. The van der Waals surface area contributed by atoms with Crippen LogP contribution >= 0.6 is 0 Å². The van der Waals surface area contributed by atoms with Gasteiger partial charge in [0.05, 0.1) is 0 Å². The summed E-state index contributed by atoms with van der Waals surface area (Å²) in [6, 6.07) is 4.31. The van der Waals surface area contributed by atoms with E-state index < -0.39 is 0 Å². The summed E-state index contributed by atoms with van der Waals surface area (Å²) in [6.45, 7) is 6.48. The zero-order valence-electron chi connectivity index (χ0n) is 6.60. The van der Waals surface area contributed by atoms with E-state index in [9.17, 15) is 0 Å². The average Bonchev–Trinajstić information content (AvgIpc) is 1.93.